The minimum atomic E-state index is -0.677. The van der Waals surface area contributed by atoms with Gasteiger partial charge in [0, 0.05) is 5.56 Å². The zero-order valence-electron chi connectivity index (χ0n) is 16.0. The molecule has 0 unspecified atom stereocenters. The molecule has 0 aliphatic heterocycles. The highest BCUT2D eigenvalue weighted by atomic mass is 16.5. The van der Waals surface area contributed by atoms with Gasteiger partial charge in [0.25, 0.3) is 0 Å². The summed E-state index contributed by atoms with van der Waals surface area (Å²) in [5.41, 5.74) is 1.82. The molecule has 0 amide bonds. The van der Waals surface area contributed by atoms with E-state index >= 15 is 0 Å². The topological polar surface area (TPSA) is 71.1 Å². The Labute approximate surface area is 159 Å². The van der Waals surface area contributed by atoms with Gasteiger partial charge in [-0.2, -0.15) is 0 Å². The van der Waals surface area contributed by atoms with Crippen molar-refractivity contribution in [3.63, 3.8) is 0 Å². The highest BCUT2D eigenvalue weighted by Gasteiger charge is 2.22. The Bertz CT molecular complexity index is 795. The summed E-state index contributed by atoms with van der Waals surface area (Å²) in [6.07, 6.45) is 2.00. The van der Waals surface area contributed by atoms with Crippen LogP contribution in [0.4, 0.5) is 0 Å². The lowest BCUT2D eigenvalue weighted by Crippen LogP contribution is -2.15. The van der Waals surface area contributed by atoms with Crippen LogP contribution in [-0.2, 0) is 11.2 Å². The fraction of sp³-hybridized carbons (Fsp3) is 0.333. The van der Waals surface area contributed by atoms with Crippen LogP contribution in [0.5, 0.6) is 17.2 Å². The number of rotatable bonds is 9. The fourth-order valence-electron chi connectivity index (χ4n) is 2.70. The lowest BCUT2D eigenvalue weighted by molar-refractivity contribution is 0.0471. The summed E-state index contributed by atoms with van der Waals surface area (Å²) < 4.78 is 20.9. The van der Waals surface area contributed by atoms with Crippen molar-refractivity contribution in [3.05, 3.63) is 53.1 Å². The van der Waals surface area contributed by atoms with Gasteiger partial charge in [-0.25, -0.2) is 4.79 Å². The Morgan fingerprint density at radius 1 is 0.852 bits per heavy atom. The Hall–Kier alpha value is -3.02. The van der Waals surface area contributed by atoms with Gasteiger partial charge in [0.1, 0.15) is 5.56 Å². The van der Waals surface area contributed by atoms with E-state index in [1.807, 2.05) is 12.1 Å². The third-order valence-electron chi connectivity index (χ3n) is 4.07. The van der Waals surface area contributed by atoms with Gasteiger partial charge >= 0.3 is 5.97 Å². The summed E-state index contributed by atoms with van der Waals surface area (Å²) >= 11 is 0. The molecular formula is C21H24O6. The first-order valence-electron chi connectivity index (χ1n) is 8.63. The predicted octanol–water partition coefficient (Wildman–Crippen LogP) is 3.70. The summed E-state index contributed by atoms with van der Waals surface area (Å²) in [6, 6.07) is 10.4. The molecule has 0 aliphatic carbocycles. The molecule has 0 spiro atoms. The third kappa shape index (κ3) is 4.78. The first kappa shape index (κ1) is 20.3. The number of carbonyl (C=O) groups excluding carboxylic acids is 2. The standard InChI is InChI=1S/C21H24O6/c1-5-6-14-7-9-15(10-8-14)17(22)13-27-21(23)16-11-12-18(24-2)20(26-4)19(16)25-3/h7-12H,5-6,13H2,1-4H3. The minimum Gasteiger partial charge on any atom is -0.493 e. The fourth-order valence-corrected chi connectivity index (χ4v) is 2.70. The van der Waals surface area contributed by atoms with Gasteiger partial charge in [0.05, 0.1) is 21.3 Å². The molecule has 0 radical (unpaired) electrons. The van der Waals surface area contributed by atoms with Gasteiger partial charge in [0.2, 0.25) is 5.75 Å². The maximum atomic E-state index is 12.4. The van der Waals surface area contributed by atoms with Crippen molar-refractivity contribution in [1.29, 1.82) is 0 Å². The van der Waals surface area contributed by atoms with Crippen LogP contribution in [0.2, 0.25) is 0 Å². The smallest absolute Gasteiger partial charge is 0.342 e. The first-order valence-corrected chi connectivity index (χ1v) is 8.63. The summed E-state index contributed by atoms with van der Waals surface area (Å²) in [6.45, 7) is 1.74. The Morgan fingerprint density at radius 3 is 2.07 bits per heavy atom. The van der Waals surface area contributed by atoms with Crippen molar-refractivity contribution < 1.29 is 28.5 Å². The van der Waals surface area contributed by atoms with Crippen LogP contribution in [0.15, 0.2) is 36.4 Å². The number of benzene rings is 2. The minimum absolute atomic E-state index is 0.154. The Morgan fingerprint density at radius 2 is 1.52 bits per heavy atom. The van der Waals surface area contributed by atoms with Crippen molar-refractivity contribution in [2.45, 2.75) is 19.8 Å². The average molecular weight is 372 g/mol. The molecule has 0 saturated carbocycles. The van der Waals surface area contributed by atoms with E-state index in [-0.39, 0.29) is 29.5 Å². The van der Waals surface area contributed by atoms with E-state index in [4.69, 9.17) is 18.9 Å². The molecule has 2 rings (SSSR count). The van der Waals surface area contributed by atoms with Crippen LogP contribution in [-0.4, -0.2) is 39.7 Å². The zero-order chi connectivity index (χ0) is 19.8. The van der Waals surface area contributed by atoms with Crippen molar-refractivity contribution in [2.75, 3.05) is 27.9 Å². The zero-order valence-corrected chi connectivity index (χ0v) is 16.0. The molecular weight excluding hydrogens is 348 g/mol. The number of carbonyl (C=O) groups is 2. The number of hydrogen-bond donors (Lipinski definition) is 0. The monoisotopic (exact) mass is 372 g/mol. The van der Waals surface area contributed by atoms with Crippen LogP contribution in [0.1, 0.15) is 39.6 Å². The summed E-state index contributed by atoms with van der Waals surface area (Å²) in [4.78, 5) is 24.7. The van der Waals surface area contributed by atoms with E-state index in [1.165, 1.54) is 33.0 Å². The maximum Gasteiger partial charge on any atom is 0.342 e. The first-order chi connectivity index (χ1) is 13.0. The Kier molecular flexibility index (Phi) is 7.23. The molecule has 144 valence electrons. The van der Waals surface area contributed by atoms with Crippen molar-refractivity contribution in [1.82, 2.24) is 0 Å². The van der Waals surface area contributed by atoms with Gasteiger partial charge in [-0.05, 0) is 24.1 Å². The van der Waals surface area contributed by atoms with Crippen molar-refractivity contribution >= 4 is 11.8 Å². The molecule has 6 nitrogen and oxygen atoms in total. The molecule has 0 aliphatic rings. The molecule has 0 bridgehead atoms. The molecule has 6 heteroatoms. The normalized spacial score (nSPS) is 10.2. The van der Waals surface area contributed by atoms with Crippen LogP contribution in [0.3, 0.4) is 0 Å². The number of methoxy groups -OCH3 is 3. The van der Waals surface area contributed by atoms with E-state index in [2.05, 4.69) is 6.92 Å². The number of ketones is 1. The molecule has 0 saturated heterocycles. The number of aryl methyl sites for hydroxylation is 1. The van der Waals surface area contributed by atoms with Crippen LogP contribution in [0.25, 0.3) is 0 Å². The van der Waals surface area contributed by atoms with Crippen LogP contribution < -0.4 is 14.2 Å². The third-order valence-corrected chi connectivity index (χ3v) is 4.07. The second-order valence-electron chi connectivity index (χ2n) is 5.83. The van der Waals surface area contributed by atoms with Gasteiger partial charge in [-0.15, -0.1) is 0 Å². The van der Waals surface area contributed by atoms with Crippen molar-refractivity contribution in [2.24, 2.45) is 0 Å². The predicted molar refractivity (Wildman–Crippen MR) is 101 cm³/mol. The largest absolute Gasteiger partial charge is 0.493 e. The highest BCUT2D eigenvalue weighted by Crippen LogP contribution is 2.39. The lowest BCUT2D eigenvalue weighted by atomic mass is 10.1. The quantitative estimate of drug-likeness (QED) is 0.494. The number of Topliss-reactive ketones (excluding diaryl/α,β-unsaturated/α-hetero) is 1. The van der Waals surface area contributed by atoms with E-state index in [1.54, 1.807) is 18.2 Å². The van der Waals surface area contributed by atoms with E-state index in [0.717, 1.165) is 12.8 Å². The van der Waals surface area contributed by atoms with Crippen LogP contribution >= 0.6 is 0 Å². The number of hydrogen-bond acceptors (Lipinski definition) is 6. The molecule has 0 atom stereocenters. The highest BCUT2D eigenvalue weighted by molar-refractivity contribution is 6.00. The van der Waals surface area contributed by atoms with E-state index in [9.17, 15) is 9.59 Å². The van der Waals surface area contributed by atoms with Crippen molar-refractivity contribution in [3.8, 4) is 17.2 Å². The molecule has 0 fully saturated rings. The maximum absolute atomic E-state index is 12.4. The van der Waals surface area contributed by atoms with Gasteiger partial charge in [-0.3, -0.25) is 4.79 Å². The SMILES string of the molecule is CCCc1ccc(C(=O)COC(=O)c2ccc(OC)c(OC)c2OC)cc1. The molecule has 2 aromatic carbocycles. The molecule has 0 heterocycles. The van der Waals surface area contributed by atoms with Gasteiger partial charge in [0.15, 0.2) is 23.9 Å². The molecule has 2 aromatic rings. The molecule has 0 N–H and O–H groups in total. The second kappa shape index (κ2) is 9.62. The van der Waals surface area contributed by atoms with Gasteiger partial charge < -0.3 is 18.9 Å². The van der Waals surface area contributed by atoms with Gasteiger partial charge in [-0.1, -0.05) is 37.6 Å². The average Bonchev–Trinajstić information content (AvgIpc) is 2.71. The second-order valence-corrected chi connectivity index (χ2v) is 5.83. The molecule has 0 aromatic heterocycles. The van der Waals surface area contributed by atoms with Crippen LogP contribution in [0, 0.1) is 0 Å². The molecule has 27 heavy (non-hydrogen) atoms. The van der Waals surface area contributed by atoms with E-state index < -0.39 is 5.97 Å². The summed E-state index contributed by atoms with van der Waals surface area (Å²) in [5, 5.41) is 0. The Balaban J connectivity index is 2.10. The lowest BCUT2D eigenvalue weighted by Gasteiger charge is -2.15. The summed E-state index contributed by atoms with van der Waals surface area (Å²) in [5.74, 6) is -0.0470. The number of esters is 1. The summed E-state index contributed by atoms with van der Waals surface area (Å²) in [7, 11) is 4.35. The van der Waals surface area contributed by atoms with E-state index in [0.29, 0.717) is 11.3 Å². The number of ether oxygens (including phenoxy) is 4.